The number of hydrogen-bond donors (Lipinski definition) is 1. The number of rotatable bonds is 4. The van der Waals surface area contributed by atoms with Crippen molar-refractivity contribution in [3.63, 3.8) is 0 Å². The molecule has 21 heavy (non-hydrogen) atoms. The predicted octanol–water partition coefficient (Wildman–Crippen LogP) is 4.12. The first-order valence-electron chi connectivity index (χ1n) is 6.67. The Labute approximate surface area is 122 Å². The number of carboxylic acids is 1. The van der Waals surface area contributed by atoms with Gasteiger partial charge in [-0.2, -0.15) is 0 Å². The monoisotopic (exact) mass is 278 g/mol. The van der Waals surface area contributed by atoms with Gasteiger partial charge < -0.3 is 9.84 Å². The van der Waals surface area contributed by atoms with Crippen LogP contribution in [0.4, 0.5) is 0 Å². The van der Waals surface area contributed by atoms with E-state index in [0.717, 1.165) is 10.9 Å². The minimum atomic E-state index is -0.930. The molecule has 0 aliphatic heterocycles. The zero-order valence-electron chi connectivity index (χ0n) is 11.3. The Bertz CT molecular complexity index is 779. The van der Waals surface area contributed by atoms with Crippen molar-refractivity contribution in [1.29, 1.82) is 0 Å². The number of benzene rings is 3. The molecule has 0 heterocycles. The third kappa shape index (κ3) is 2.87. The highest BCUT2D eigenvalue weighted by molar-refractivity contribution is 6.04. The fourth-order valence-corrected chi connectivity index (χ4v) is 2.27. The van der Waals surface area contributed by atoms with Crippen LogP contribution in [0.3, 0.4) is 0 Å². The van der Waals surface area contributed by atoms with E-state index in [0.29, 0.717) is 17.7 Å². The fraction of sp³-hybridized carbons (Fsp3) is 0.0556. The second-order valence-electron chi connectivity index (χ2n) is 4.77. The summed E-state index contributed by atoms with van der Waals surface area (Å²) in [6.45, 7) is 0.460. The molecule has 3 aromatic rings. The SMILES string of the molecule is O=C(O)c1cccc2ccc(OCc3ccccc3)cc12. The second kappa shape index (κ2) is 5.67. The third-order valence-electron chi connectivity index (χ3n) is 3.33. The molecule has 3 aromatic carbocycles. The lowest BCUT2D eigenvalue weighted by Crippen LogP contribution is -1.98. The van der Waals surface area contributed by atoms with Crippen LogP contribution in [0.15, 0.2) is 66.7 Å². The molecular formula is C18H14O3. The molecule has 0 atom stereocenters. The standard InChI is InChI=1S/C18H14O3/c19-18(20)16-8-4-7-14-9-10-15(11-17(14)16)21-12-13-5-2-1-3-6-13/h1-11H,12H2,(H,19,20). The van der Waals surface area contributed by atoms with Gasteiger partial charge in [0.25, 0.3) is 0 Å². The van der Waals surface area contributed by atoms with Crippen molar-refractivity contribution >= 4 is 16.7 Å². The molecule has 0 aromatic heterocycles. The van der Waals surface area contributed by atoms with Crippen LogP contribution >= 0.6 is 0 Å². The van der Waals surface area contributed by atoms with Crippen LogP contribution in [0.5, 0.6) is 5.75 Å². The van der Waals surface area contributed by atoms with Crippen LogP contribution < -0.4 is 4.74 Å². The van der Waals surface area contributed by atoms with Crippen molar-refractivity contribution in [3.05, 3.63) is 77.9 Å². The highest BCUT2D eigenvalue weighted by Gasteiger charge is 2.08. The Balaban J connectivity index is 1.90. The molecule has 0 bridgehead atoms. The highest BCUT2D eigenvalue weighted by Crippen LogP contribution is 2.24. The van der Waals surface area contributed by atoms with Crippen molar-refractivity contribution in [2.24, 2.45) is 0 Å². The Kier molecular flexibility index (Phi) is 3.56. The molecule has 3 heteroatoms. The molecule has 0 saturated carbocycles. The molecule has 3 rings (SSSR count). The van der Waals surface area contributed by atoms with E-state index in [9.17, 15) is 9.90 Å². The highest BCUT2D eigenvalue weighted by atomic mass is 16.5. The van der Waals surface area contributed by atoms with Crippen LogP contribution in [-0.4, -0.2) is 11.1 Å². The topological polar surface area (TPSA) is 46.5 Å². The molecule has 1 N–H and O–H groups in total. The summed E-state index contributed by atoms with van der Waals surface area (Å²) in [6, 6.07) is 20.6. The van der Waals surface area contributed by atoms with Gasteiger partial charge in [0.2, 0.25) is 0 Å². The lowest BCUT2D eigenvalue weighted by atomic mass is 10.0. The molecule has 0 fully saturated rings. The van der Waals surface area contributed by atoms with Gasteiger partial charge in [-0.25, -0.2) is 4.79 Å². The van der Waals surface area contributed by atoms with Crippen molar-refractivity contribution in [2.75, 3.05) is 0 Å². The van der Waals surface area contributed by atoms with Crippen LogP contribution in [0.2, 0.25) is 0 Å². The van der Waals surface area contributed by atoms with E-state index < -0.39 is 5.97 Å². The fourth-order valence-electron chi connectivity index (χ4n) is 2.27. The molecule has 0 amide bonds. The lowest BCUT2D eigenvalue weighted by molar-refractivity contribution is 0.0699. The van der Waals surface area contributed by atoms with Crippen LogP contribution in [0.25, 0.3) is 10.8 Å². The summed E-state index contributed by atoms with van der Waals surface area (Å²) in [7, 11) is 0. The molecular weight excluding hydrogens is 264 g/mol. The Morgan fingerprint density at radius 2 is 1.76 bits per heavy atom. The summed E-state index contributed by atoms with van der Waals surface area (Å²) in [5, 5.41) is 10.8. The van der Waals surface area contributed by atoms with Crippen LogP contribution in [-0.2, 0) is 6.61 Å². The summed E-state index contributed by atoms with van der Waals surface area (Å²) >= 11 is 0. The van der Waals surface area contributed by atoms with Gasteiger partial charge in [-0.3, -0.25) is 0 Å². The molecule has 0 radical (unpaired) electrons. The quantitative estimate of drug-likeness (QED) is 0.781. The molecule has 3 nitrogen and oxygen atoms in total. The minimum Gasteiger partial charge on any atom is -0.489 e. The zero-order chi connectivity index (χ0) is 14.7. The normalized spacial score (nSPS) is 10.5. The zero-order valence-corrected chi connectivity index (χ0v) is 11.3. The van der Waals surface area contributed by atoms with Gasteiger partial charge in [-0.1, -0.05) is 48.5 Å². The number of ether oxygens (including phenoxy) is 1. The summed E-state index contributed by atoms with van der Waals surface area (Å²) in [5.41, 5.74) is 1.36. The second-order valence-corrected chi connectivity index (χ2v) is 4.77. The molecule has 0 aliphatic rings. The van der Waals surface area contributed by atoms with E-state index in [4.69, 9.17) is 4.74 Å². The molecule has 0 spiro atoms. The van der Waals surface area contributed by atoms with Crippen molar-refractivity contribution in [1.82, 2.24) is 0 Å². The summed E-state index contributed by atoms with van der Waals surface area (Å²) in [6.07, 6.45) is 0. The van der Waals surface area contributed by atoms with E-state index in [1.807, 2.05) is 48.5 Å². The number of aromatic carboxylic acids is 1. The average Bonchev–Trinajstić information content (AvgIpc) is 2.53. The van der Waals surface area contributed by atoms with E-state index >= 15 is 0 Å². The van der Waals surface area contributed by atoms with Crippen molar-refractivity contribution in [3.8, 4) is 5.75 Å². The molecule has 0 unspecified atom stereocenters. The summed E-state index contributed by atoms with van der Waals surface area (Å²) in [5.74, 6) is -0.263. The Hall–Kier alpha value is -2.81. The van der Waals surface area contributed by atoms with Crippen LogP contribution in [0.1, 0.15) is 15.9 Å². The van der Waals surface area contributed by atoms with E-state index in [1.54, 1.807) is 18.2 Å². The van der Waals surface area contributed by atoms with Gasteiger partial charge >= 0.3 is 5.97 Å². The number of fused-ring (bicyclic) bond motifs is 1. The maximum absolute atomic E-state index is 11.3. The number of carbonyl (C=O) groups is 1. The smallest absolute Gasteiger partial charge is 0.336 e. The minimum absolute atomic E-state index is 0.290. The van der Waals surface area contributed by atoms with Gasteiger partial charge in [-0.05, 0) is 34.5 Å². The van der Waals surface area contributed by atoms with Crippen molar-refractivity contribution in [2.45, 2.75) is 6.61 Å². The molecule has 0 aliphatic carbocycles. The summed E-state index contributed by atoms with van der Waals surface area (Å²) < 4.78 is 5.74. The van der Waals surface area contributed by atoms with E-state index in [2.05, 4.69) is 0 Å². The Morgan fingerprint density at radius 3 is 2.52 bits per heavy atom. The van der Waals surface area contributed by atoms with Gasteiger partial charge in [0.15, 0.2) is 0 Å². The van der Waals surface area contributed by atoms with Gasteiger partial charge in [-0.15, -0.1) is 0 Å². The average molecular weight is 278 g/mol. The van der Waals surface area contributed by atoms with Gasteiger partial charge in [0.1, 0.15) is 12.4 Å². The van der Waals surface area contributed by atoms with Crippen molar-refractivity contribution < 1.29 is 14.6 Å². The van der Waals surface area contributed by atoms with E-state index in [-0.39, 0.29) is 5.56 Å². The van der Waals surface area contributed by atoms with E-state index in [1.165, 1.54) is 0 Å². The maximum atomic E-state index is 11.3. The third-order valence-corrected chi connectivity index (χ3v) is 3.33. The largest absolute Gasteiger partial charge is 0.489 e. The maximum Gasteiger partial charge on any atom is 0.336 e. The van der Waals surface area contributed by atoms with Gasteiger partial charge in [0.05, 0.1) is 5.56 Å². The first kappa shape index (κ1) is 13.2. The molecule has 0 saturated heterocycles. The van der Waals surface area contributed by atoms with Crippen LogP contribution in [0, 0.1) is 0 Å². The Morgan fingerprint density at radius 1 is 0.952 bits per heavy atom. The lowest BCUT2D eigenvalue weighted by Gasteiger charge is -2.08. The van der Waals surface area contributed by atoms with Gasteiger partial charge in [0, 0.05) is 0 Å². The number of hydrogen-bond acceptors (Lipinski definition) is 2. The number of carboxylic acid groups (broad SMARTS) is 1. The predicted molar refractivity (Wildman–Crippen MR) is 81.7 cm³/mol. The summed E-state index contributed by atoms with van der Waals surface area (Å²) in [4.78, 5) is 11.3. The first-order chi connectivity index (χ1) is 10.2. The first-order valence-corrected chi connectivity index (χ1v) is 6.67. The molecule has 104 valence electrons.